The molecule has 1 amide bonds. The summed E-state index contributed by atoms with van der Waals surface area (Å²) in [6.45, 7) is 1.27. The molecule has 7 nitrogen and oxygen atoms in total. The Kier molecular flexibility index (Phi) is 6.74. The third kappa shape index (κ3) is 4.77. The molecule has 4 rings (SSSR count). The van der Waals surface area contributed by atoms with Gasteiger partial charge in [-0.15, -0.1) is 0 Å². The molecular formula is C23H29ClFN6O+. The van der Waals surface area contributed by atoms with Crippen LogP contribution in [-0.4, -0.2) is 46.0 Å². The molecule has 1 aliphatic heterocycles. The van der Waals surface area contributed by atoms with Crippen LogP contribution in [-0.2, 0) is 4.79 Å². The van der Waals surface area contributed by atoms with Gasteiger partial charge in [0.2, 0.25) is 5.95 Å². The molecule has 0 aromatic carbocycles. The molecule has 1 saturated carbocycles. The number of amides is 1. The predicted octanol–water partition coefficient (Wildman–Crippen LogP) is 2.50. The predicted molar refractivity (Wildman–Crippen MR) is 124 cm³/mol. The van der Waals surface area contributed by atoms with E-state index >= 15 is 0 Å². The van der Waals surface area contributed by atoms with E-state index in [1.54, 1.807) is 12.3 Å². The lowest BCUT2D eigenvalue weighted by molar-refractivity contribution is -0.561. The van der Waals surface area contributed by atoms with Gasteiger partial charge in [0.05, 0.1) is 0 Å². The van der Waals surface area contributed by atoms with Crippen molar-refractivity contribution in [3.63, 3.8) is 0 Å². The zero-order chi connectivity index (χ0) is 22.7. The lowest BCUT2D eigenvalue weighted by Crippen LogP contribution is -2.58. The number of pyridine rings is 1. The molecule has 6 N–H and O–H groups in total. The average Bonchev–Trinajstić information content (AvgIpc) is 2.76. The van der Waals surface area contributed by atoms with Gasteiger partial charge in [-0.05, 0) is 44.6 Å². The van der Waals surface area contributed by atoms with Crippen LogP contribution in [0.1, 0.15) is 38.5 Å². The van der Waals surface area contributed by atoms with E-state index in [4.69, 9.17) is 23.1 Å². The highest BCUT2D eigenvalue weighted by Crippen LogP contribution is 2.35. The maximum atomic E-state index is 13.5. The van der Waals surface area contributed by atoms with Crippen molar-refractivity contribution >= 4 is 29.0 Å². The Hall–Kier alpha value is -2.55. The molecule has 0 bridgehead atoms. The van der Waals surface area contributed by atoms with Crippen molar-refractivity contribution in [1.82, 2.24) is 10.3 Å². The third-order valence-electron chi connectivity index (χ3n) is 6.58. The number of allylic oxidation sites excluding steroid dienone is 3. The van der Waals surface area contributed by atoms with Crippen LogP contribution in [0.4, 0.5) is 10.1 Å². The second-order valence-corrected chi connectivity index (χ2v) is 9.07. The Balaban J connectivity index is 1.45. The summed E-state index contributed by atoms with van der Waals surface area (Å²) in [7, 11) is 0. The van der Waals surface area contributed by atoms with Crippen LogP contribution in [0.25, 0.3) is 0 Å². The lowest BCUT2D eigenvalue weighted by Gasteiger charge is -2.41. The number of primary amides is 1. The summed E-state index contributed by atoms with van der Waals surface area (Å²) in [4.78, 5) is 15.5. The standard InChI is InChI=1S/C23H28ClFN6O/c24-16-3-1-2-15(10-16)12-29-17-4-7-23(14-26,8-5-17)31-13-19(21(27)32)22(31)30-18-6-9-28-20(25)11-18/h3,6,9-11,13,17,29H,1-2,4-5,7-8,12,14,26H2,(H2,27,32)/p+1. The number of carbonyl (C=O) groups is 1. The summed E-state index contributed by atoms with van der Waals surface area (Å²) in [5.41, 5.74) is 13.7. The molecule has 2 heterocycles. The molecule has 9 heteroatoms. The van der Waals surface area contributed by atoms with Crippen LogP contribution in [0.3, 0.4) is 0 Å². The number of aromatic nitrogens is 1. The highest BCUT2D eigenvalue weighted by Gasteiger charge is 2.47. The van der Waals surface area contributed by atoms with E-state index in [-0.39, 0.29) is 5.54 Å². The van der Waals surface area contributed by atoms with Gasteiger partial charge in [-0.1, -0.05) is 23.3 Å². The van der Waals surface area contributed by atoms with E-state index in [9.17, 15) is 9.18 Å². The van der Waals surface area contributed by atoms with Crippen LogP contribution < -0.4 is 22.1 Å². The first-order chi connectivity index (χ1) is 15.4. The minimum atomic E-state index is -0.601. The molecule has 1 aromatic heterocycles. The Labute approximate surface area is 192 Å². The van der Waals surface area contributed by atoms with Crippen LogP contribution in [0.5, 0.6) is 0 Å². The lowest BCUT2D eigenvalue weighted by atomic mass is 9.77. The first-order valence-electron chi connectivity index (χ1n) is 11.0. The van der Waals surface area contributed by atoms with Crippen molar-refractivity contribution in [2.24, 2.45) is 11.5 Å². The van der Waals surface area contributed by atoms with Crippen molar-refractivity contribution < 1.29 is 13.8 Å². The zero-order valence-electron chi connectivity index (χ0n) is 17.9. The molecule has 0 spiro atoms. The molecule has 0 saturated heterocycles. The molecule has 0 radical (unpaired) electrons. The SMILES string of the molecule is NCC1([N+]2=C(Nc3ccnc(F)c3)C(C(N)=O)=C2)CCC(NCC2=CC(Cl)=CCC2)CC1. The fourth-order valence-corrected chi connectivity index (χ4v) is 4.92. The number of carbonyl (C=O) groups excluding carboxylic acids is 1. The van der Waals surface area contributed by atoms with Crippen LogP contribution in [0.2, 0.25) is 0 Å². The van der Waals surface area contributed by atoms with Crippen molar-refractivity contribution in [1.29, 1.82) is 0 Å². The van der Waals surface area contributed by atoms with Gasteiger partial charge in [-0.3, -0.25) is 4.79 Å². The van der Waals surface area contributed by atoms with Crippen molar-refractivity contribution in [2.75, 3.05) is 18.4 Å². The number of nitrogens with one attached hydrogen (secondary N) is 2. The summed E-state index contributed by atoms with van der Waals surface area (Å²) in [5, 5.41) is 7.61. The number of hydrogen-bond acceptors (Lipinski definition) is 5. The molecule has 3 aliphatic rings. The number of anilines is 1. The summed E-state index contributed by atoms with van der Waals surface area (Å²) >= 11 is 6.13. The number of halogens is 2. The second kappa shape index (κ2) is 9.52. The topological polar surface area (TPSA) is 109 Å². The van der Waals surface area contributed by atoms with Crippen LogP contribution in [0, 0.1) is 5.95 Å². The smallest absolute Gasteiger partial charge is 0.296 e. The fraction of sp³-hybridized carbons (Fsp3) is 0.435. The number of amidine groups is 1. The molecule has 0 atom stereocenters. The first-order valence-corrected chi connectivity index (χ1v) is 11.3. The van der Waals surface area contributed by atoms with E-state index in [1.807, 2.05) is 10.7 Å². The van der Waals surface area contributed by atoms with E-state index in [0.717, 1.165) is 50.1 Å². The Morgan fingerprint density at radius 2 is 2.16 bits per heavy atom. The summed E-state index contributed by atoms with van der Waals surface area (Å²) in [6.07, 6.45) is 12.9. The van der Waals surface area contributed by atoms with E-state index in [0.29, 0.717) is 29.7 Å². The van der Waals surface area contributed by atoms with E-state index in [1.165, 1.54) is 17.8 Å². The van der Waals surface area contributed by atoms with E-state index in [2.05, 4.69) is 21.7 Å². The van der Waals surface area contributed by atoms with Gasteiger partial charge >= 0.3 is 0 Å². The van der Waals surface area contributed by atoms with Gasteiger partial charge < -0.3 is 16.8 Å². The molecule has 1 fully saturated rings. The fourth-order valence-electron chi connectivity index (χ4n) is 4.66. The minimum Gasteiger partial charge on any atom is -0.365 e. The first kappa shape index (κ1) is 22.6. The van der Waals surface area contributed by atoms with Crippen LogP contribution in [0.15, 0.2) is 52.9 Å². The largest absolute Gasteiger partial charge is 0.365 e. The Bertz CT molecular complexity index is 1020. The highest BCUT2D eigenvalue weighted by molar-refractivity contribution is 6.31. The Morgan fingerprint density at radius 1 is 1.38 bits per heavy atom. The van der Waals surface area contributed by atoms with E-state index < -0.39 is 11.9 Å². The van der Waals surface area contributed by atoms with Gasteiger partial charge in [0.1, 0.15) is 17.4 Å². The van der Waals surface area contributed by atoms with Gasteiger partial charge in [-0.25, -0.2) is 14.9 Å². The molecule has 170 valence electrons. The average molecular weight is 460 g/mol. The molecular weight excluding hydrogens is 431 g/mol. The molecule has 1 aromatic rings. The van der Waals surface area contributed by atoms with Gasteiger partial charge in [0.25, 0.3) is 11.7 Å². The quantitative estimate of drug-likeness (QED) is 0.370. The molecule has 32 heavy (non-hydrogen) atoms. The van der Waals surface area contributed by atoms with Gasteiger partial charge in [0.15, 0.2) is 5.57 Å². The maximum Gasteiger partial charge on any atom is 0.296 e. The summed E-state index contributed by atoms with van der Waals surface area (Å²) < 4.78 is 15.5. The molecule has 2 aliphatic carbocycles. The van der Waals surface area contributed by atoms with Crippen molar-refractivity contribution in [3.8, 4) is 0 Å². The number of nitrogens with zero attached hydrogens (tertiary/aromatic N) is 2. The highest BCUT2D eigenvalue weighted by atomic mass is 35.5. The molecule has 0 unspecified atom stereocenters. The number of hydrogen-bond donors (Lipinski definition) is 4. The second-order valence-electron chi connectivity index (χ2n) is 8.63. The summed E-state index contributed by atoms with van der Waals surface area (Å²) in [5.74, 6) is -0.570. The third-order valence-corrected chi connectivity index (χ3v) is 6.84. The monoisotopic (exact) mass is 459 g/mol. The van der Waals surface area contributed by atoms with Gasteiger partial charge in [0, 0.05) is 42.5 Å². The van der Waals surface area contributed by atoms with Crippen molar-refractivity contribution in [3.05, 3.63) is 58.8 Å². The summed E-state index contributed by atoms with van der Waals surface area (Å²) in [6, 6.07) is 3.31. The maximum absolute atomic E-state index is 13.5. The number of rotatable bonds is 7. The van der Waals surface area contributed by atoms with Crippen LogP contribution >= 0.6 is 11.6 Å². The van der Waals surface area contributed by atoms with Crippen molar-refractivity contribution in [2.45, 2.75) is 50.1 Å². The zero-order valence-corrected chi connectivity index (χ0v) is 18.7. The van der Waals surface area contributed by atoms with Gasteiger partial charge in [-0.2, -0.15) is 4.39 Å². The normalized spacial score (nSPS) is 25.5. The Morgan fingerprint density at radius 3 is 2.81 bits per heavy atom. The number of nitrogens with two attached hydrogens (primary N) is 2. The minimum absolute atomic E-state index is 0.318.